The number of carbonyl (C=O) groups excluding carboxylic acids is 1. The maximum Gasteiger partial charge on any atom is 0.271 e. The summed E-state index contributed by atoms with van der Waals surface area (Å²) >= 11 is 6.09. The Morgan fingerprint density at radius 3 is 2.80 bits per heavy atom. The minimum absolute atomic E-state index is 0.148. The van der Waals surface area contributed by atoms with Gasteiger partial charge in [-0.3, -0.25) is 14.7 Å². The van der Waals surface area contributed by atoms with Gasteiger partial charge in [0.15, 0.2) is 0 Å². The number of piperidine rings is 1. The zero-order chi connectivity index (χ0) is 17.6. The van der Waals surface area contributed by atoms with Gasteiger partial charge in [0.25, 0.3) is 5.91 Å². The number of rotatable bonds is 4. The summed E-state index contributed by atoms with van der Waals surface area (Å²) < 4.78 is 0. The third-order valence-corrected chi connectivity index (χ3v) is 4.59. The molecule has 0 radical (unpaired) electrons. The molecule has 2 aromatic rings. The predicted octanol–water partition coefficient (Wildman–Crippen LogP) is 2.40. The molecule has 1 aliphatic rings. The summed E-state index contributed by atoms with van der Waals surface area (Å²) in [4.78, 5) is 22.4. The zero-order valence-electron chi connectivity index (χ0n) is 13.7. The third-order valence-electron chi connectivity index (χ3n) is 4.28. The van der Waals surface area contributed by atoms with Crippen LogP contribution in [0.1, 0.15) is 34.5 Å². The Balaban J connectivity index is 1.50. The first kappa shape index (κ1) is 17.3. The lowest BCUT2D eigenvalue weighted by molar-refractivity contribution is 0.0903. The highest BCUT2D eigenvalue weighted by molar-refractivity contribution is 6.31. The summed E-state index contributed by atoms with van der Waals surface area (Å²) in [7, 11) is 0. The number of amides is 1. The van der Waals surface area contributed by atoms with Gasteiger partial charge in [-0.1, -0.05) is 17.7 Å². The molecular formula is C18H18ClN5O. The van der Waals surface area contributed by atoms with Crippen molar-refractivity contribution in [2.75, 3.05) is 13.1 Å². The molecule has 1 aliphatic heterocycles. The van der Waals surface area contributed by atoms with E-state index in [1.165, 1.54) is 12.4 Å². The Morgan fingerprint density at radius 1 is 1.36 bits per heavy atom. The maximum absolute atomic E-state index is 12.1. The van der Waals surface area contributed by atoms with Gasteiger partial charge in [0.05, 0.1) is 16.8 Å². The number of hydrogen-bond acceptors (Lipinski definition) is 5. The highest BCUT2D eigenvalue weighted by atomic mass is 35.5. The molecule has 0 aliphatic carbocycles. The Bertz CT molecular complexity index is 782. The Kier molecular flexibility index (Phi) is 5.59. The average molecular weight is 356 g/mol. The second-order valence-corrected chi connectivity index (χ2v) is 6.45. The lowest BCUT2D eigenvalue weighted by Gasteiger charge is -2.32. The summed E-state index contributed by atoms with van der Waals surface area (Å²) in [5, 5.41) is 12.4. The molecule has 3 rings (SSSR count). The molecule has 1 fully saturated rings. The van der Waals surface area contributed by atoms with Crippen molar-refractivity contribution in [3.63, 3.8) is 0 Å². The van der Waals surface area contributed by atoms with Gasteiger partial charge in [-0.15, -0.1) is 0 Å². The monoisotopic (exact) mass is 355 g/mol. The maximum atomic E-state index is 12.1. The second-order valence-electron chi connectivity index (χ2n) is 6.04. The molecular weight excluding hydrogens is 338 g/mol. The van der Waals surface area contributed by atoms with E-state index in [1.807, 2.05) is 12.1 Å². The van der Waals surface area contributed by atoms with Crippen LogP contribution < -0.4 is 5.32 Å². The molecule has 0 spiro atoms. The molecule has 1 aromatic heterocycles. The van der Waals surface area contributed by atoms with Gasteiger partial charge in [-0.25, -0.2) is 4.98 Å². The Morgan fingerprint density at radius 2 is 2.16 bits per heavy atom. The van der Waals surface area contributed by atoms with E-state index in [0.717, 1.165) is 38.0 Å². The first-order valence-corrected chi connectivity index (χ1v) is 8.51. The number of benzene rings is 1. The predicted molar refractivity (Wildman–Crippen MR) is 94.0 cm³/mol. The first-order chi connectivity index (χ1) is 12.2. The molecule has 0 atom stereocenters. The van der Waals surface area contributed by atoms with Crippen molar-refractivity contribution in [3.8, 4) is 6.07 Å². The van der Waals surface area contributed by atoms with Crippen LogP contribution in [0.2, 0.25) is 5.02 Å². The molecule has 0 unspecified atom stereocenters. The summed E-state index contributed by atoms with van der Waals surface area (Å²) in [6, 6.07) is 7.76. The number of carbonyl (C=O) groups is 1. The molecule has 0 bridgehead atoms. The van der Waals surface area contributed by atoms with E-state index in [4.69, 9.17) is 16.9 Å². The van der Waals surface area contributed by atoms with Crippen molar-refractivity contribution in [2.24, 2.45) is 0 Å². The van der Waals surface area contributed by atoms with Gasteiger partial charge < -0.3 is 5.32 Å². The Labute approximate surface area is 151 Å². The number of hydrogen-bond donors (Lipinski definition) is 1. The van der Waals surface area contributed by atoms with E-state index in [2.05, 4.69) is 26.3 Å². The van der Waals surface area contributed by atoms with E-state index < -0.39 is 0 Å². The van der Waals surface area contributed by atoms with Crippen LogP contribution in [-0.2, 0) is 6.54 Å². The highest BCUT2D eigenvalue weighted by Crippen LogP contribution is 2.20. The van der Waals surface area contributed by atoms with E-state index in [9.17, 15) is 4.79 Å². The normalized spacial score (nSPS) is 15.5. The first-order valence-electron chi connectivity index (χ1n) is 8.13. The number of nitriles is 1. The minimum Gasteiger partial charge on any atom is -0.348 e. The van der Waals surface area contributed by atoms with Crippen molar-refractivity contribution in [2.45, 2.75) is 25.4 Å². The van der Waals surface area contributed by atoms with Gasteiger partial charge in [0, 0.05) is 38.1 Å². The standard InChI is InChI=1S/C18H18ClN5O/c19-16-9-13(1-2-14(16)10-20)12-24-7-3-15(4-8-24)23-18(25)17-11-21-5-6-22-17/h1-2,5-6,9,11,15H,3-4,7-8,12H2,(H,23,25). The van der Waals surface area contributed by atoms with E-state index in [1.54, 1.807) is 12.3 Å². The Hall–Kier alpha value is -2.49. The van der Waals surface area contributed by atoms with E-state index in [0.29, 0.717) is 16.3 Å². The van der Waals surface area contributed by atoms with Crippen LogP contribution in [0.15, 0.2) is 36.8 Å². The van der Waals surface area contributed by atoms with Crippen LogP contribution in [0.25, 0.3) is 0 Å². The topological polar surface area (TPSA) is 81.9 Å². The summed E-state index contributed by atoms with van der Waals surface area (Å²) in [5.74, 6) is -0.176. The largest absolute Gasteiger partial charge is 0.348 e. The number of aromatic nitrogens is 2. The molecule has 1 saturated heterocycles. The minimum atomic E-state index is -0.176. The van der Waals surface area contributed by atoms with Gasteiger partial charge in [0.2, 0.25) is 0 Å². The van der Waals surface area contributed by atoms with E-state index >= 15 is 0 Å². The fraction of sp³-hybridized carbons (Fsp3) is 0.333. The van der Waals surface area contributed by atoms with Gasteiger partial charge in [-0.2, -0.15) is 5.26 Å². The molecule has 7 heteroatoms. The summed E-state index contributed by atoms with van der Waals surface area (Å²) in [6.45, 7) is 2.57. The number of likely N-dealkylation sites (tertiary alicyclic amines) is 1. The van der Waals surface area contributed by atoms with E-state index in [-0.39, 0.29) is 11.9 Å². The van der Waals surface area contributed by atoms with Crippen LogP contribution in [0.3, 0.4) is 0 Å². The smallest absolute Gasteiger partial charge is 0.271 e. The van der Waals surface area contributed by atoms with Crippen molar-refractivity contribution < 1.29 is 4.79 Å². The van der Waals surface area contributed by atoms with Crippen LogP contribution in [-0.4, -0.2) is 39.9 Å². The van der Waals surface area contributed by atoms with Crippen LogP contribution >= 0.6 is 11.6 Å². The number of nitrogens with zero attached hydrogens (tertiary/aromatic N) is 4. The summed E-state index contributed by atoms with van der Waals surface area (Å²) in [6.07, 6.45) is 6.30. The fourth-order valence-corrected chi connectivity index (χ4v) is 3.16. The molecule has 1 aromatic carbocycles. The third kappa shape index (κ3) is 4.53. The van der Waals surface area contributed by atoms with Crippen molar-refractivity contribution in [3.05, 3.63) is 58.6 Å². The van der Waals surface area contributed by atoms with Crippen LogP contribution in [0.4, 0.5) is 0 Å². The molecule has 1 amide bonds. The van der Waals surface area contributed by atoms with Gasteiger partial charge >= 0.3 is 0 Å². The lowest BCUT2D eigenvalue weighted by Crippen LogP contribution is -2.44. The molecule has 0 saturated carbocycles. The molecule has 128 valence electrons. The molecule has 1 N–H and O–H groups in total. The quantitative estimate of drug-likeness (QED) is 0.910. The lowest BCUT2D eigenvalue weighted by atomic mass is 10.0. The number of halogens is 1. The van der Waals surface area contributed by atoms with Crippen molar-refractivity contribution >= 4 is 17.5 Å². The van der Waals surface area contributed by atoms with Gasteiger partial charge in [0.1, 0.15) is 11.8 Å². The number of nitrogens with one attached hydrogen (secondary N) is 1. The molecule has 25 heavy (non-hydrogen) atoms. The zero-order valence-corrected chi connectivity index (χ0v) is 14.4. The summed E-state index contributed by atoms with van der Waals surface area (Å²) in [5.41, 5.74) is 1.93. The van der Waals surface area contributed by atoms with Crippen LogP contribution in [0, 0.1) is 11.3 Å². The van der Waals surface area contributed by atoms with Crippen molar-refractivity contribution in [1.29, 1.82) is 5.26 Å². The molecule has 2 heterocycles. The SMILES string of the molecule is N#Cc1ccc(CN2CCC(NC(=O)c3cnccn3)CC2)cc1Cl. The fourth-order valence-electron chi connectivity index (χ4n) is 2.92. The second kappa shape index (κ2) is 8.06. The van der Waals surface area contributed by atoms with Crippen molar-refractivity contribution in [1.82, 2.24) is 20.2 Å². The van der Waals surface area contributed by atoms with Crippen LogP contribution in [0.5, 0.6) is 0 Å². The van der Waals surface area contributed by atoms with Gasteiger partial charge in [-0.05, 0) is 30.5 Å². The highest BCUT2D eigenvalue weighted by Gasteiger charge is 2.21. The molecule has 6 nitrogen and oxygen atoms in total. The average Bonchev–Trinajstić information content (AvgIpc) is 2.64.